The van der Waals surface area contributed by atoms with Gasteiger partial charge in [0.05, 0.1) is 12.7 Å². The molecule has 6 heteroatoms. The number of hydrogen-bond acceptors (Lipinski definition) is 5. The molecule has 0 spiro atoms. The Morgan fingerprint density at radius 2 is 1.48 bits per heavy atom. The number of benzene rings is 1. The van der Waals surface area contributed by atoms with Gasteiger partial charge in [-0.2, -0.15) is 0 Å². The molecule has 0 N–H and O–H groups in total. The number of carbonyl (C=O) groups excluding carboxylic acids is 1. The molecule has 0 aromatic heterocycles. The summed E-state index contributed by atoms with van der Waals surface area (Å²) in [5.74, 6) is 0. The third-order valence-electron chi connectivity index (χ3n) is 5.07. The summed E-state index contributed by atoms with van der Waals surface area (Å²) < 4.78 is 22.8. The van der Waals surface area contributed by atoms with Crippen LogP contribution in [-0.2, 0) is 25.6 Å². The second-order valence-corrected chi connectivity index (χ2v) is 9.10. The van der Waals surface area contributed by atoms with E-state index in [4.69, 9.17) is 18.9 Å². The highest BCUT2D eigenvalue weighted by atomic mass is 16.6. The van der Waals surface area contributed by atoms with Crippen molar-refractivity contribution in [3.63, 3.8) is 0 Å². The fraction of sp³-hybridized carbons (Fsp3) is 0.720. The molecule has 1 heterocycles. The number of carbonyl (C=O) groups is 1. The van der Waals surface area contributed by atoms with Gasteiger partial charge in [-0.05, 0) is 64.9 Å². The molecule has 0 unspecified atom stereocenters. The normalized spacial score (nSPS) is 15.3. The summed E-state index contributed by atoms with van der Waals surface area (Å²) >= 11 is 0. The van der Waals surface area contributed by atoms with Crippen LogP contribution in [0.1, 0.15) is 64.9 Å². The first kappa shape index (κ1) is 25.6. The predicted molar refractivity (Wildman–Crippen MR) is 122 cm³/mol. The zero-order valence-electron chi connectivity index (χ0n) is 19.6. The van der Waals surface area contributed by atoms with Gasteiger partial charge in [0.1, 0.15) is 5.60 Å². The minimum Gasteiger partial charge on any atom is -0.444 e. The maximum Gasteiger partial charge on any atom is 0.410 e. The van der Waals surface area contributed by atoms with Gasteiger partial charge >= 0.3 is 6.09 Å². The van der Waals surface area contributed by atoms with Crippen molar-refractivity contribution in [2.75, 3.05) is 39.5 Å². The Balaban J connectivity index is 1.35. The number of ether oxygens (including phenoxy) is 4. The molecule has 1 aliphatic heterocycles. The maximum atomic E-state index is 12.1. The van der Waals surface area contributed by atoms with E-state index < -0.39 is 5.60 Å². The summed E-state index contributed by atoms with van der Waals surface area (Å²) in [6.45, 7) is 10.9. The molecular weight excluding hydrogens is 394 g/mol. The lowest BCUT2D eigenvalue weighted by Crippen LogP contribution is -2.43. The van der Waals surface area contributed by atoms with Crippen molar-refractivity contribution < 1.29 is 23.7 Å². The highest BCUT2D eigenvalue weighted by molar-refractivity contribution is 5.68. The van der Waals surface area contributed by atoms with Crippen molar-refractivity contribution in [1.29, 1.82) is 0 Å². The van der Waals surface area contributed by atoms with E-state index in [0.717, 1.165) is 65.0 Å². The van der Waals surface area contributed by atoms with Crippen molar-refractivity contribution in [3.05, 3.63) is 35.9 Å². The SMILES string of the molecule is CC(C)(C)OC(=O)N1CCC(OCCCCOCCCCOCc2ccccc2)CC1. The van der Waals surface area contributed by atoms with Crippen molar-refractivity contribution >= 4 is 6.09 Å². The highest BCUT2D eigenvalue weighted by Gasteiger charge is 2.26. The molecular formula is C25H41NO5. The Labute approximate surface area is 188 Å². The second kappa shape index (κ2) is 14.4. The van der Waals surface area contributed by atoms with Crippen LogP contribution in [0.4, 0.5) is 4.79 Å². The molecule has 31 heavy (non-hydrogen) atoms. The first-order valence-electron chi connectivity index (χ1n) is 11.7. The van der Waals surface area contributed by atoms with Crippen LogP contribution >= 0.6 is 0 Å². The number of nitrogens with zero attached hydrogens (tertiary/aromatic N) is 1. The fourth-order valence-corrected chi connectivity index (χ4v) is 3.36. The Morgan fingerprint density at radius 3 is 2.10 bits per heavy atom. The summed E-state index contributed by atoms with van der Waals surface area (Å²) in [6, 6.07) is 10.3. The molecule has 6 nitrogen and oxygen atoms in total. The largest absolute Gasteiger partial charge is 0.444 e. The summed E-state index contributed by atoms with van der Waals surface area (Å²) in [5, 5.41) is 0. The molecule has 0 bridgehead atoms. The van der Waals surface area contributed by atoms with Crippen molar-refractivity contribution in [1.82, 2.24) is 4.90 Å². The fourth-order valence-electron chi connectivity index (χ4n) is 3.36. The Bertz CT molecular complexity index is 594. The van der Waals surface area contributed by atoms with E-state index in [1.54, 1.807) is 4.90 Å². The van der Waals surface area contributed by atoms with Gasteiger partial charge in [-0.25, -0.2) is 4.79 Å². The number of amides is 1. The number of likely N-dealkylation sites (tertiary alicyclic amines) is 1. The minimum atomic E-state index is -0.442. The monoisotopic (exact) mass is 435 g/mol. The van der Waals surface area contributed by atoms with Crippen LogP contribution in [-0.4, -0.2) is 62.2 Å². The molecule has 1 fully saturated rings. The second-order valence-electron chi connectivity index (χ2n) is 9.10. The first-order valence-corrected chi connectivity index (χ1v) is 11.7. The zero-order chi connectivity index (χ0) is 22.4. The minimum absolute atomic E-state index is 0.217. The molecule has 0 atom stereocenters. The van der Waals surface area contributed by atoms with E-state index >= 15 is 0 Å². The lowest BCUT2D eigenvalue weighted by molar-refractivity contribution is -0.0132. The van der Waals surface area contributed by atoms with Gasteiger partial charge in [-0.15, -0.1) is 0 Å². The molecule has 1 amide bonds. The molecule has 176 valence electrons. The maximum absolute atomic E-state index is 12.1. The molecule has 0 aliphatic carbocycles. The first-order chi connectivity index (χ1) is 14.9. The third kappa shape index (κ3) is 12.1. The molecule has 2 rings (SSSR count). The van der Waals surface area contributed by atoms with Gasteiger partial charge in [0.2, 0.25) is 0 Å². The Morgan fingerprint density at radius 1 is 0.903 bits per heavy atom. The van der Waals surface area contributed by atoms with E-state index in [1.165, 1.54) is 5.56 Å². The zero-order valence-corrected chi connectivity index (χ0v) is 19.6. The van der Waals surface area contributed by atoms with Crippen LogP contribution in [0, 0.1) is 0 Å². The van der Waals surface area contributed by atoms with Crippen LogP contribution in [0.2, 0.25) is 0 Å². The van der Waals surface area contributed by atoms with Gasteiger partial charge in [0.15, 0.2) is 0 Å². The quantitative estimate of drug-likeness (QED) is 0.399. The molecule has 1 aromatic rings. The van der Waals surface area contributed by atoms with Crippen molar-refractivity contribution in [2.24, 2.45) is 0 Å². The number of unbranched alkanes of at least 4 members (excludes halogenated alkanes) is 2. The summed E-state index contributed by atoms with van der Waals surface area (Å²) in [4.78, 5) is 13.9. The molecule has 1 aromatic carbocycles. The third-order valence-corrected chi connectivity index (χ3v) is 5.07. The van der Waals surface area contributed by atoms with E-state index in [0.29, 0.717) is 19.7 Å². The summed E-state index contributed by atoms with van der Waals surface area (Å²) in [7, 11) is 0. The summed E-state index contributed by atoms with van der Waals surface area (Å²) in [6.07, 6.45) is 5.86. The van der Waals surface area contributed by atoms with Crippen LogP contribution in [0.3, 0.4) is 0 Å². The van der Waals surface area contributed by atoms with E-state index in [9.17, 15) is 4.79 Å². The van der Waals surface area contributed by atoms with Crippen LogP contribution in [0.25, 0.3) is 0 Å². The highest BCUT2D eigenvalue weighted by Crippen LogP contribution is 2.17. The summed E-state index contributed by atoms with van der Waals surface area (Å²) in [5.41, 5.74) is 0.775. The standard InChI is InChI=1S/C25H41NO5/c1-25(2,3)31-24(27)26-15-13-23(14-16-26)30-20-10-9-18-28-17-7-8-19-29-21-22-11-5-4-6-12-22/h4-6,11-12,23H,7-10,13-21H2,1-3H3. The smallest absolute Gasteiger partial charge is 0.410 e. The lowest BCUT2D eigenvalue weighted by Gasteiger charge is -2.33. The van der Waals surface area contributed by atoms with Gasteiger partial charge in [-0.1, -0.05) is 30.3 Å². The van der Waals surface area contributed by atoms with Gasteiger partial charge < -0.3 is 23.8 Å². The molecule has 0 radical (unpaired) electrons. The van der Waals surface area contributed by atoms with Crippen molar-refractivity contribution in [2.45, 2.75) is 77.6 Å². The van der Waals surface area contributed by atoms with Gasteiger partial charge in [0.25, 0.3) is 0 Å². The Hall–Kier alpha value is -1.63. The average Bonchev–Trinajstić information content (AvgIpc) is 2.74. The number of rotatable bonds is 13. The molecule has 0 saturated carbocycles. The topological polar surface area (TPSA) is 57.2 Å². The predicted octanol–water partition coefficient (Wildman–Crippen LogP) is 5.20. The van der Waals surface area contributed by atoms with Crippen LogP contribution in [0.15, 0.2) is 30.3 Å². The van der Waals surface area contributed by atoms with Crippen LogP contribution < -0.4 is 0 Å². The number of hydrogen-bond donors (Lipinski definition) is 0. The number of piperidine rings is 1. The average molecular weight is 436 g/mol. The van der Waals surface area contributed by atoms with Gasteiger partial charge in [-0.3, -0.25) is 0 Å². The van der Waals surface area contributed by atoms with Crippen LogP contribution in [0.5, 0.6) is 0 Å². The lowest BCUT2D eigenvalue weighted by atomic mass is 10.1. The molecule has 1 saturated heterocycles. The Kier molecular flexibility index (Phi) is 11.9. The van der Waals surface area contributed by atoms with Crippen molar-refractivity contribution in [3.8, 4) is 0 Å². The van der Waals surface area contributed by atoms with Gasteiger partial charge in [0, 0.05) is 39.5 Å². The van der Waals surface area contributed by atoms with E-state index in [-0.39, 0.29) is 12.2 Å². The van der Waals surface area contributed by atoms with E-state index in [1.807, 2.05) is 39.0 Å². The van der Waals surface area contributed by atoms with E-state index in [2.05, 4.69) is 12.1 Å². The molecule has 1 aliphatic rings.